The molecule has 1 aliphatic heterocycles. The van der Waals surface area contributed by atoms with Gasteiger partial charge < -0.3 is 10.2 Å². The van der Waals surface area contributed by atoms with Gasteiger partial charge in [-0.25, -0.2) is 9.97 Å². The normalized spacial score (nSPS) is 14.7. The number of aromatic nitrogens is 2. The van der Waals surface area contributed by atoms with Crippen molar-refractivity contribution in [3.8, 4) is 0 Å². The Morgan fingerprint density at radius 1 is 1.31 bits per heavy atom. The zero-order chi connectivity index (χ0) is 11.5. The van der Waals surface area contributed by atoms with E-state index in [-0.39, 0.29) is 0 Å². The van der Waals surface area contributed by atoms with E-state index in [9.17, 15) is 0 Å². The van der Waals surface area contributed by atoms with Gasteiger partial charge in [0, 0.05) is 38.2 Å². The van der Waals surface area contributed by atoms with E-state index in [1.165, 1.54) is 5.56 Å². The molecule has 1 N–H and O–H groups in total. The predicted molar refractivity (Wildman–Crippen MR) is 66.0 cm³/mol. The van der Waals surface area contributed by atoms with Gasteiger partial charge in [0.2, 0.25) is 5.28 Å². The summed E-state index contributed by atoms with van der Waals surface area (Å²) in [5.74, 6) is 0.993. The summed E-state index contributed by atoms with van der Waals surface area (Å²) in [6, 6.07) is 0. The smallest absolute Gasteiger partial charge is 0.224 e. The molecule has 0 fully saturated rings. The summed E-state index contributed by atoms with van der Waals surface area (Å²) in [6.45, 7) is 7.95. The number of anilines is 1. The van der Waals surface area contributed by atoms with Crippen LogP contribution in [0, 0.1) is 0 Å². The zero-order valence-corrected chi connectivity index (χ0v) is 10.5. The highest BCUT2D eigenvalue weighted by Crippen LogP contribution is 2.24. The topological polar surface area (TPSA) is 41.1 Å². The van der Waals surface area contributed by atoms with E-state index in [2.05, 4.69) is 34.0 Å². The third-order valence-electron chi connectivity index (χ3n) is 2.95. The highest BCUT2D eigenvalue weighted by molar-refractivity contribution is 6.28. The minimum absolute atomic E-state index is 0.363. The lowest BCUT2D eigenvalue weighted by Gasteiger charge is -2.26. The van der Waals surface area contributed by atoms with Gasteiger partial charge in [0.15, 0.2) is 0 Å². The zero-order valence-electron chi connectivity index (χ0n) is 9.76. The lowest BCUT2D eigenvalue weighted by atomic mass is 10.1. The van der Waals surface area contributed by atoms with Crippen molar-refractivity contribution < 1.29 is 0 Å². The third kappa shape index (κ3) is 2.13. The Bertz CT molecular complexity index is 376. The third-order valence-corrected chi connectivity index (χ3v) is 3.12. The predicted octanol–water partition coefficient (Wildman–Crippen LogP) is 1.62. The largest absolute Gasteiger partial charge is 0.357 e. The molecule has 2 rings (SSSR count). The molecular weight excluding hydrogens is 224 g/mol. The van der Waals surface area contributed by atoms with Gasteiger partial charge in [0.05, 0.1) is 5.69 Å². The van der Waals surface area contributed by atoms with Crippen molar-refractivity contribution in [3.63, 3.8) is 0 Å². The number of nitrogens with zero attached hydrogens (tertiary/aromatic N) is 3. The molecule has 0 aliphatic carbocycles. The summed E-state index contributed by atoms with van der Waals surface area (Å²) in [7, 11) is 0. The molecule has 0 atom stereocenters. The Hall–Kier alpha value is -0.870. The van der Waals surface area contributed by atoms with Crippen molar-refractivity contribution in [2.24, 2.45) is 0 Å². The average Bonchev–Trinajstić information content (AvgIpc) is 2.30. The summed E-state index contributed by atoms with van der Waals surface area (Å²) >= 11 is 5.97. The lowest BCUT2D eigenvalue weighted by molar-refractivity contribution is 0.621. The molecular formula is C11H17ClN4. The maximum atomic E-state index is 5.97. The molecule has 2 heterocycles. The van der Waals surface area contributed by atoms with E-state index in [0.29, 0.717) is 5.28 Å². The first kappa shape index (κ1) is 11.6. The van der Waals surface area contributed by atoms with Gasteiger partial charge in [0.1, 0.15) is 5.82 Å². The van der Waals surface area contributed by atoms with Crippen LogP contribution in [0.1, 0.15) is 25.1 Å². The van der Waals surface area contributed by atoms with Gasteiger partial charge in [-0.3, -0.25) is 0 Å². The molecule has 5 heteroatoms. The van der Waals surface area contributed by atoms with E-state index < -0.39 is 0 Å². The fourth-order valence-electron chi connectivity index (χ4n) is 2.08. The van der Waals surface area contributed by atoms with E-state index in [1.807, 2.05) is 0 Å². The van der Waals surface area contributed by atoms with E-state index in [4.69, 9.17) is 11.6 Å². The average molecular weight is 241 g/mol. The summed E-state index contributed by atoms with van der Waals surface area (Å²) in [5, 5.41) is 3.72. The maximum absolute atomic E-state index is 5.97. The molecule has 0 saturated carbocycles. The molecule has 16 heavy (non-hydrogen) atoms. The molecule has 0 aromatic carbocycles. The van der Waals surface area contributed by atoms with Crippen LogP contribution in [0.2, 0.25) is 5.28 Å². The fourth-order valence-corrected chi connectivity index (χ4v) is 2.26. The first-order valence-electron chi connectivity index (χ1n) is 5.77. The maximum Gasteiger partial charge on any atom is 0.224 e. The number of fused-ring (bicyclic) bond motifs is 1. The second-order valence-corrected chi connectivity index (χ2v) is 4.18. The van der Waals surface area contributed by atoms with Gasteiger partial charge in [-0.15, -0.1) is 0 Å². The number of halogens is 1. The van der Waals surface area contributed by atoms with Crippen molar-refractivity contribution >= 4 is 17.4 Å². The quantitative estimate of drug-likeness (QED) is 0.816. The second-order valence-electron chi connectivity index (χ2n) is 3.84. The summed E-state index contributed by atoms with van der Waals surface area (Å²) < 4.78 is 0. The Labute approximate surface area is 101 Å². The van der Waals surface area contributed by atoms with Crippen LogP contribution in [-0.2, 0) is 13.0 Å². The summed E-state index contributed by atoms with van der Waals surface area (Å²) in [5.41, 5.74) is 2.31. The van der Waals surface area contributed by atoms with E-state index >= 15 is 0 Å². The van der Waals surface area contributed by atoms with Crippen LogP contribution in [0.4, 0.5) is 5.82 Å². The SMILES string of the molecule is CCN(CC)c1nc(Cl)nc2c1CNCC2. The van der Waals surface area contributed by atoms with Crippen molar-refractivity contribution in [2.45, 2.75) is 26.8 Å². The van der Waals surface area contributed by atoms with Crippen LogP contribution in [-0.4, -0.2) is 29.6 Å². The van der Waals surface area contributed by atoms with Gasteiger partial charge in [-0.2, -0.15) is 0 Å². The van der Waals surface area contributed by atoms with Crippen LogP contribution in [0.15, 0.2) is 0 Å². The monoisotopic (exact) mass is 240 g/mol. The van der Waals surface area contributed by atoms with Crippen LogP contribution < -0.4 is 10.2 Å². The number of nitrogens with one attached hydrogen (secondary N) is 1. The summed E-state index contributed by atoms with van der Waals surface area (Å²) in [4.78, 5) is 10.9. The van der Waals surface area contributed by atoms with Crippen LogP contribution >= 0.6 is 11.6 Å². The molecule has 0 amide bonds. The first-order chi connectivity index (χ1) is 7.76. The Balaban J connectivity index is 2.46. The molecule has 4 nitrogen and oxygen atoms in total. The van der Waals surface area contributed by atoms with Crippen molar-refractivity contribution in [1.29, 1.82) is 0 Å². The highest BCUT2D eigenvalue weighted by atomic mass is 35.5. The molecule has 0 radical (unpaired) electrons. The van der Waals surface area contributed by atoms with Crippen molar-refractivity contribution in [3.05, 3.63) is 16.5 Å². The Morgan fingerprint density at radius 2 is 2.06 bits per heavy atom. The number of hydrogen-bond acceptors (Lipinski definition) is 4. The molecule has 0 unspecified atom stereocenters. The van der Waals surface area contributed by atoms with Crippen LogP contribution in [0.25, 0.3) is 0 Å². The van der Waals surface area contributed by atoms with Gasteiger partial charge in [-0.05, 0) is 25.4 Å². The van der Waals surface area contributed by atoms with Gasteiger partial charge in [-0.1, -0.05) is 0 Å². The lowest BCUT2D eigenvalue weighted by Crippen LogP contribution is -2.31. The Kier molecular flexibility index (Phi) is 3.61. The minimum Gasteiger partial charge on any atom is -0.357 e. The molecule has 0 saturated heterocycles. The molecule has 0 spiro atoms. The van der Waals surface area contributed by atoms with Crippen molar-refractivity contribution in [2.75, 3.05) is 24.5 Å². The van der Waals surface area contributed by atoms with E-state index in [0.717, 1.165) is 44.1 Å². The molecule has 1 aromatic rings. The Morgan fingerprint density at radius 3 is 2.75 bits per heavy atom. The van der Waals surface area contributed by atoms with E-state index in [1.54, 1.807) is 0 Å². The van der Waals surface area contributed by atoms with Gasteiger partial charge >= 0.3 is 0 Å². The summed E-state index contributed by atoms with van der Waals surface area (Å²) in [6.07, 6.45) is 0.936. The fraction of sp³-hybridized carbons (Fsp3) is 0.636. The molecule has 1 aromatic heterocycles. The molecule has 88 valence electrons. The van der Waals surface area contributed by atoms with Gasteiger partial charge in [0.25, 0.3) is 0 Å². The van der Waals surface area contributed by atoms with Crippen LogP contribution in [0.5, 0.6) is 0 Å². The standard InChI is InChI=1S/C11H17ClN4/c1-3-16(4-2)10-8-7-13-6-5-9(8)14-11(12)15-10/h13H,3-7H2,1-2H3. The number of rotatable bonds is 3. The highest BCUT2D eigenvalue weighted by Gasteiger charge is 2.19. The molecule has 0 bridgehead atoms. The van der Waals surface area contributed by atoms with Crippen molar-refractivity contribution in [1.82, 2.24) is 15.3 Å². The van der Waals surface area contributed by atoms with Crippen LogP contribution in [0.3, 0.4) is 0 Å². The second kappa shape index (κ2) is 4.97. The first-order valence-corrected chi connectivity index (χ1v) is 6.15. The minimum atomic E-state index is 0.363. The molecule has 1 aliphatic rings. The number of hydrogen-bond donors (Lipinski definition) is 1.